The van der Waals surface area contributed by atoms with Gasteiger partial charge in [-0.15, -0.1) is 11.3 Å². The quantitative estimate of drug-likeness (QED) is 0.722. The fraction of sp³-hybridized carbons (Fsp3) is 0.176. The highest BCUT2D eigenvalue weighted by Gasteiger charge is 2.26. The molecule has 9 heteroatoms. The van der Waals surface area contributed by atoms with Crippen LogP contribution in [0.15, 0.2) is 40.6 Å². The van der Waals surface area contributed by atoms with Crippen LogP contribution in [0.5, 0.6) is 0 Å². The van der Waals surface area contributed by atoms with Gasteiger partial charge in [0.2, 0.25) is 0 Å². The Morgan fingerprint density at radius 1 is 1.27 bits per heavy atom. The van der Waals surface area contributed by atoms with Gasteiger partial charge < -0.3 is 9.88 Å². The molecule has 1 aliphatic heterocycles. The third kappa shape index (κ3) is 3.18. The second kappa shape index (κ2) is 6.85. The van der Waals surface area contributed by atoms with E-state index in [4.69, 9.17) is 0 Å². The molecule has 132 valence electrons. The molecule has 0 radical (unpaired) electrons. The van der Waals surface area contributed by atoms with E-state index in [-0.39, 0.29) is 17.4 Å². The average molecular weight is 386 g/mol. The molecule has 0 spiro atoms. The molecule has 0 unspecified atom stereocenters. The molecule has 7 nitrogen and oxygen atoms in total. The van der Waals surface area contributed by atoms with Crippen molar-refractivity contribution in [2.75, 3.05) is 11.9 Å². The molecule has 3 aromatic heterocycles. The largest absolute Gasteiger partial charge is 0.333 e. The third-order valence-corrected chi connectivity index (χ3v) is 5.90. The Kier molecular flexibility index (Phi) is 4.39. The van der Waals surface area contributed by atoms with Gasteiger partial charge in [-0.2, -0.15) is 0 Å². The van der Waals surface area contributed by atoms with E-state index in [1.807, 2.05) is 11.4 Å². The SMILES string of the molecule is O=C(Nc1nc2c(s1)CN(C(=O)c1ccc[nH]c1=O)CC2)c1cccs1. The number of H-pyrrole nitrogens is 1. The molecule has 4 heterocycles. The van der Waals surface area contributed by atoms with Crippen molar-refractivity contribution in [1.82, 2.24) is 14.9 Å². The number of nitrogens with zero attached hydrogens (tertiary/aromatic N) is 2. The van der Waals surface area contributed by atoms with Gasteiger partial charge in [0.1, 0.15) is 5.56 Å². The van der Waals surface area contributed by atoms with E-state index in [1.54, 1.807) is 17.0 Å². The van der Waals surface area contributed by atoms with Gasteiger partial charge in [0, 0.05) is 24.0 Å². The lowest BCUT2D eigenvalue weighted by Gasteiger charge is -2.25. The lowest BCUT2D eigenvalue weighted by atomic mass is 10.1. The van der Waals surface area contributed by atoms with Crippen LogP contribution in [0.4, 0.5) is 5.13 Å². The predicted molar refractivity (Wildman–Crippen MR) is 99.9 cm³/mol. The number of carbonyl (C=O) groups is 2. The summed E-state index contributed by atoms with van der Waals surface area (Å²) in [5, 5.41) is 5.18. The average Bonchev–Trinajstić information content (AvgIpc) is 3.30. The van der Waals surface area contributed by atoms with Crippen LogP contribution in [-0.4, -0.2) is 33.2 Å². The van der Waals surface area contributed by atoms with E-state index in [0.717, 1.165) is 10.6 Å². The standard InChI is InChI=1S/C17H14N4O3S2/c22-14-10(3-1-6-18-14)16(24)21-7-5-11-13(9-21)26-17(19-11)20-15(23)12-4-2-8-25-12/h1-4,6,8H,5,7,9H2,(H,18,22)(H,19,20,23). The highest BCUT2D eigenvalue weighted by atomic mass is 32.1. The fourth-order valence-electron chi connectivity index (χ4n) is 2.75. The van der Waals surface area contributed by atoms with Crippen LogP contribution in [0, 0.1) is 0 Å². The first kappa shape index (κ1) is 16.7. The summed E-state index contributed by atoms with van der Waals surface area (Å²) >= 11 is 2.73. The Bertz CT molecular complexity index is 1020. The van der Waals surface area contributed by atoms with Gasteiger partial charge in [-0.25, -0.2) is 4.98 Å². The number of thiophene rings is 1. The summed E-state index contributed by atoms with van der Waals surface area (Å²) in [6.07, 6.45) is 2.09. The summed E-state index contributed by atoms with van der Waals surface area (Å²) in [6, 6.07) is 6.73. The minimum atomic E-state index is -0.392. The summed E-state index contributed by atoms with van der Waals surface area (Å²) in [4.78, 5) is 46.7. The molecular weight excluding hydrogens is 372 g/mol. The van der Waals surface area contributed by atoms with Gasteiger partial charge in [-0.05, 0) is 23.6 Å². The Balaban J connectivity index is 1.50. The van der Waals surface area contributed by atoms with Crippen molar-refractivity contribution < 1.29 is 9.59 Å². The van der Waals surface area contributed by atoms with Gasteiger partial charge in [-0.1, -0.05) is 17.4 Å². The normalized spacial score (nSPS) is 13.3. The number of anilines is 1. The Morgan fingerprint density at radius 2 is 2.15 bits per heavy atom. The molecular formula is C17H14N4O3S2. The minimum absolute atomic E-state index is 0.131. The maximum atomic E-state index is 12.6. The molecule has 2 N–H and O–H groups in total. The van der Waals surface area contributed by atoms with Gasteiger partial charge in [0.25, 0.3) is 17.4 Å². The third-order valence-electron chi connectivity index (χ3n) is 4.03. The summed E-state index contributed by atoms with van der Waals surface area (Å²) in [5.41, 5.74) is 0.630. The van der Waals surface area contributed by atoms with E-state index in [2.05, 4.69) is 15.3 Å². The van der Waals surface area contributed by atoms with Crippen LogP contribution >= 0.6 is 22.7 Å². The number of nitrogens with one attached hydrogen (secondary N) is 2. The van der Waals surface area contributed by atoms with Crippen molar-refractivity contribution in [3.8, 4) is 0 Å². The van der Waals surface area contributed by atoms with Crippen LogP contribution in [-0.2, 0) is 13.0 Å². The molecule has 3 aromatic rings. The van der Waals surface area contributed by atoms with Crippen molar-refractivity contribution in [3.05, 3.63) is 67.2 Å². The van der Waals surface area contributed by atoms with Crippen molar-refractivity contribution in [2.45, 2.75) is 13.0 Å². The molecule has 4 rings (SSSR count). The van der Waals surface area contributed by atoms with Crippen molar-refractivity contribution in [2.24, 2.45) is 0 Å². The minimum Gasteiger partial charge on any atom is -0.333 e. The van der Waals surface area contributed by atoms with Gasteiger partial charge in [0.15, 0.2) is 5.13 Å². The highest BCUT2D eigenvalue weighted by molar-refractivity contribution is 7.16. The Morgan fingerprint density at radius 3 is 2.92 bits per heavy atom. The number of aromatic amines is 1. The molecule has 1 aliphatic rings. The summed E-state index contributed by atoms with van der Waals surface area (Å²) < 4.78 is 0. The maximum absolute atomic E-state index is 12.6. The van der Waals surface area contributed by atoms with Gasteiger partial charge in [0.05, 0.1) is 17.1 Å². The molecule has 0 aliphatic carbocycles. The number of hydrogen-bond donors (Lipinski definition) is 2. The van der Waals surface area contributed by atoms with E-state index in [0.29, 0.717) is 29.5 Å². The van der Waals surface area contributed by atoms with E-state index >= 15 is 0 Å². The molecule has 2 amide bonds. The van der Waals surface area contributed by atoms with Crippen molar-refractivity contribution in [3.63, 3.8) is 0 Å². The molecule has 0 aromatic carbocycles. The lowest BCUT2D eigenvalue weighted by Crippen LogP contribution is -2.38. The number of fused-ring (bicyclic) bond motifs is 1. The smallest absolute Gasteiger partial charge is 0.267 e. The zero-order valence-electron chi connectivity index (χ0n) is 13.5. The van der Waals surface area contributed by atoms with Gasteiger partial charge in [-0.3, -0.25) is 19.7 Å². The van der Waals surface area contributed by atoms with Crippen molar-refractivity contribution in [1.29, 1.82) is 0 Å². The molecule has 0 atom stereocenters. The Hall–Kier alpha value is -2.78. The van der Waals surface area contributed by atoms with Crippen LogP contribution in [0.25, 0.3) is 0 Å². The van der Waals surface area contributed by atoms with Crippen LogP contribution < -0.4 is 10.9 Å². The second-order valence-electron chi connectivity index (χ2n) is 5.71. The summed E-state index contributed by atoms with van der Waals surface area (Å²) in [7, 11) is 0. The monoisotopic (exact) mass is 386 g/mol. The zero-order valence-corrected chi connectivity index (χ0v) is 15.2. The number of carbonyl (C=O) groups excluding carboxylic acids is 2. The Labute approximate surface area is 156 Å². The van der Waals surface area contributed by atoms with Crippen LogP contribution in [0.2, 0.25) is 0 Å². The number of rotatable bonds is 3. The lowest BCUT2D eigenvalue weighted by molar-refractivity contribution is 0.0734. The number of amides is 2. The van der Waals surface area contributed by atoms with Crippen LogP contribution in [0.3, 0.4) is 0 Å². The summed E-state index contributed by atoms with van der Waals surface area (Å²) in [5.74, 6) is -0.482. The first-order chi connectivity index (χ1) is 12.6. The number of thiazole rings is 1. The zero-order chi connectivity index (χ0) is 18.1. The molecule has 0 saturated heterocycles. The molecule has 26 heavy (non-hydrogen) atoms. The van der Waals surface area contributed by atoms with E-state index in [9.17, 15) is 14.4 Å². The highest BCUT2D eigenvalue weighted by Crippen LogP contribution is 2.29. The summed E-state index contributed by atoms with van der Waals surface area (Å²) in [6.45, 7) is 0.872. The van der Waals surface area contributed by atoms with Gasteiger partial charge >= 0.3 is 0 Å². The van der Waals surface area contributed by atoms with Crippen LogP contribution in [0.1, 0.15) is 30.6 Å². The number of pyridine rings is 1. The first-order valence-corrected chi connectivity index (χ1v) is 9.62. The maximum Gasteiger partial charge on any atom is 0.267 e. The van der Waals surface area contributed by atoms with E-state index < -0.39 is 5.56 Å². The van der Waals surface area contributed by atoms with Crippen molar-refractivity contribution >= 4 is 39.6 Å². The predicted octanol–water partition coefficient (Wildman–Crippen LogP) is 2.34. The molecule has 0 saturated carbocycles. The first-order valence-electron chi connectivity index (χ1n) is 7.92. The number of aromatic nitrogens is 2. The second-order valence-corrected chi connectivity index (χ2v) is 7.74. The fourth-order valence-corrected chi connectivity index (χ4v) is 4.39. The number of hydrogen-bond acceptors (Lipinski definition) is 6. The topological polar surface area (TPSA) is 95.2 Å². The molecule has 0 bridgehead atoms. The molecule has 0 fully saturated rings. The van der Waals surface area contributed by atoms with E-state index in [1.165, 1.54) is 34.9 Å².